The summed E-state index contributed by atoms with van der Waals surface area (Å²) in [6.45, 7) is 4.29. The van der Waals surface area contributed by atoms with Crippen LogP contribution in [0.4, 0.5) is 0 Å². The molecule has 0 bridgehead atoms. The molecule has 1 atom stereocenters. The van der Waals surface area contributed by atoms with Gasteiger partial charge in [0, 0.05) is 17.8 Å². The van der Waals surface area contributed by atoms with E-state index in [9.17, 15) is 5.11 Å². The Morgan fingerprint density at radius 1 is 1.11 bits per heavy atom. The highest BCUT2D eigenvalue weighted by Gasteiger charge is 2.23. The lowest BCUT2D eigenvalue weighted by Gasteiger charge is -2.18. The van der Waals surface area contributed by atoms with Gasteiger partial charge >= 0.3 is 0 Å². The van der Waals surface area contributed by atoms with Crippen LogP contribution >= 0.6 is 0 Å². The average Bonchev–Trinajstić information content (AvgIpc) is 3.18. The number of aliphatic hydroxyl groups excluding tert-OH is 1. The number of aliphatic hydroxyl groups is 1. The van der Waals surface area contributed by atoms with Crippen molar-refractivity contribution in [3.8, 4) is 28.5 Å². The van der Waals surface area contributed by atoms with E-state index in [1.807, 2.05) is 48.5 Å². The number of nitrogens with zero attached hydrogens (tertiary/aromatic N) is 1. The molecule has 6 nitrogen and oxygen atoms in total. The fraction of sp³-hybridized carbons (Fsp3) is 0.286. The average molecular weight is 367 g/mol. The van der Waals surface area contributed by atoms with E-state index in [0.29, 0.717) is 12.4 Å². The van der Waals surface area contributed by atoms with E-state index in [0.717, 1.165) is 34.9 Å². The van der Waals surface area contributed by atoms with Crippen LogP contribution in [-0.4, -0.2) is 28.3 Å². The Bertz CT molecular complexity index is 872. The molecule has 27 heavy (non-hydrogen) atoms. The molecule has 3 aromatic rings. The first-order valence-electron chi connectivity index (χ1n) is 8.98. The number of aromatic amines is 1. The predicted molar refractivity (Wildman–Crippen MR) is 105 cm³/mol. The lowest BCUT2D eigenvalue weighted by molar-refractivity contribution is 0.204. The number of imidazole rings is 1. The molecule has 0 spiro atoms. The molecule has 0 fully saturated rings. The molecule has 2 aromatic carbocycles. The number of ether oxygens (including phenoxy) is 2. The van der Waals surface area contributed by atoms with Crippen molar-refractivity contribution in [1.82, 2.24) is 9.97 Å². The quantitative estimate of drug-likeness (QED) is 0.563. The minimum Gasteiger partial charge on any atom is -0.493 e. The molecular formula is C21H25N3O3. The van der Waals surface area contributed by atoms with Crippen LogP contribution in [-0.2, 0) is 5.54 Å². The number of rotatable bonds is 8. The number of nitrogens with two attached hydrogens (primary N) is 1. The topological polar surface area (TPSA) is 93.4 Å². The molecule has 6 heteroatoms. The first-order chi connectivity index (χ1) is 13.0. The van der Waals surface area contributed by atoms with E-state index < -0.39 is 5.54 Å². The molecule has 1 heterocycles. The van der Waals surface area contributed by atoms with E-state index in [-0.39, 0.29) is 6.61 Å². The summed E-state index contributed by atoms with van der Waals surface area (Å²) in [4.78, 5) is 7.51. The summed E-state index contributed by atoms with van der Waals surface area (Å²) in [5.41, 5.74) is 6.80. The lowest BCUT2D eigenvalue weighted by atomic mass is 10.1. The van der Waals surface area contributed by atoms with Crippen molar-refractivity contribution >= 4 is 0 Å². The number of H-pyrrole nitrogens is 1. The zero-order chi connectivity index (χ0) is 19.3. The number of benzene rings is 2. The van der Waals surface area contributed by atoms with Gasteiger partial charge in [-0.15, -0.1) is 0 Å². The minimum absolute atomic E-state index is 0.187. The predicted octanol–water partition coefficient (Wildman–Crippen LogP) is 3.82. The number of hydrogen-bond donors (Lipinski definition) is 3. The second-order valence-electron chi connectivity index (χ2n) is 6.66. The molecule has 0 saturated carbocycles. The molecule has 0 radical (unpaired) electrons. The zero-order valence-corrected chi connectivity index (χ0v) is 15.6. The molecule has 0 aliphatic rings. The van der Waals surface area contributed by atoms with Gasteiger partial charge in [-0.25, -0.2) is 4.98 Å². The largest absolute Gasteiger partial charge is 0.493 e. The molecule has 3 rings (SSSR count). The van der Waals surface area contributed by atoms with Crippen LogP contribution in [0.5, 0.6) is 17.2 Å². The van der Waals surface area contributed by atoms with E-state index in [1.54, 1.807) is 13.1 Å². The summed E-state index contributed by atoms with van der Waals surface area (Å²) >= 11 is 0. The zero-order valence-electron chi connectivity index (χ0n) is 15.6. The second-order valence-corrected chi connectivity index (χ2v) is 6.66. The molecule has 4 N–H and O–H groups in total. The van der Waals surface area contributed by atoms with Gasteiger partial charge in [-0.2, -0.15) is 0 Å². The first kappa shape index (κ1) is 18.9. The van der Waals surface area contributed by atoms with E-state index >= 15 is 0 Å². The van der Waals surface area contributed by atoms with E-state index in [2.05, 4.69) is 16.9 Å². The summed E-state index contributed by atoms with van der Waals surface area (Å²) in [6.07, 6.45) is 2.74. The van der Waals surface area contributed by atoms with E-state index in [4.69, 9.17) is 15.2 Å². The smallest absolute Gasteiger partial charge is 0.131 e. The molecule has 0 unspecified atom stereocenters. The Morgan fingerprint density at radius 3 is 2.56 bits per heavy atom. The SMILES string of the molecule is CCCOc1cccc(Oc2ccc(-c3c[nH]c([C@@](C)(N)CO)n3)cc2)c1. The van der Waals surface area contributed by atoms with Crippen molar-refractivity contribution in [2.75, 3.05) is 13.2 Å². The third kappa shape index (κ3) is 4.67. The highest BCUT2D eigenvalue weighted by atomic mass is 16.5. The summed E-state index contributed by atoms with van der Waals surface area (Å²) < 4.78 is 11.5. The molecule has 142 valence electrons. The number of nitrogens with one attached hydrogen (secondary N) is 1. The van der Waals surface area contributed by atoms with Crippen LogP contribution in [0.15, 0.2) is 54.7 Å². The maximum atomic E-state index is 9.36. The third-order valence-corrected chi connectivity index (χ3v) is 4.11. The minimum atomic E-state index is -0.897. The summed E-state index contributed by atoms with van der Waals surface area (Å²) in [6, 6.07) is 15.2. The lowest BCUT2D eigenvalue weighted by Crippen LogP contribution is -2.38. The fourth-order valence-corrected chi connectivity index (χ4v) is 2.51. The van der Waals surface area contributed by atoms with Gasteiger partial charge in [-0.1, -0.05) is 13.0 Å². The maximum Gasteiger partial charge on any atom is 0.131 e. The normalized spacial score (nSPS) is 13.2. The van der Waals surface area contributed by atoms with Gasteiger partial charge < -0.3 is 25.3 Å². The first-order valence-corrected chi connectivity index (χ1v) is 8.98. The Hall–Kier alpha value is -2.83. The van der Waals surface area contributed by atoms with Gasteiger partial charge in [-0.05, 0) is 49.7 Å². The Kier molecular flexibility index (Phi) is 5.78. The number of aromatic nitrogens is 2. The van der Waals surface area contributed by atoms with Gasteiger partial charge in [0.1, 0.15) is 23.1 Å². The standard InChI is InChI=1S/C21H25N3O3/c1-3-11-26-17-5-4-6-18(12-17)27-16-9-7-15(8-10-16)19-13-23-20(24-19)21(2,22)14-25/h4-10,12-13,25H,3,11,14,22H2,1-2H3,(H,23,24)/t21-/m0/s1. The molecule has 0 amide bonds. The van der Waals surface area contributed by atoms with Gasteiger partial charge in [-0.3, -0.25) is 0 Å². The van der Waals surface area contributed by atoms with Crippen LogP contribution in [0.3, 0.4) is 0 Å². The molecule has 0 aliphatic carbocycles. The summed E-state index contributed by atoms with van der Waals surface area (Å²) in [5, 5.41) is 9.36. The number of hydrogen-bond acceptors (Lipinski definition) is 5. The van der Waals surface area contributed by atoms with Gasteiger partial charge in [0.2, 0.25) is 0 Å². The van der Waals surface area contributed by atoms with Crippen LogP contribution in [0.25, 0.3) is 11.3 Å². The van der Waals surface area contributed by atoms with Crippen molar-refractivity contribution in [3.63, 3.8) is 0 Å². The van der Waals surface area contributed by atoms with Crippen LogP contribution < -0.4 is 15.2 Å². The monoisotopic (exact) mass is 367 g/mol. The van der Waals surface area contributed by atoms with Crippen molar-refractivity contribution < 1.29 is 14.6 Å². The van der Waals surface area contributed by atoms with Gasteiger partial charge in [0.25, 0.3) is 0 Å². The van der Waals surface area contributed by atoms with Gasteiger partial charge in [0.05, 0.1) is 24.4 Å². The van der Waals surface area contributed by atoms with E-state index in [1.165, 1.54) is 0 Å². The van der Waals surface area contributed by atoms with Crippen LogP contribution in [0, 0.1) is 0 Å². The Morgan fingerprint density at radius 2 is 1.85 bits per heavy atom. The van der Waals surface area contributed by atoms with Crippen molar-refractivity contribution in [2.24, 2.45) is 5.73 Å². The van der Waals surface area contributed by atoms with Gasteiger partial charge in [0.15, 0.2) is 0 Å². The van der Waals surface area contributed by atoms with Crippen LogP contribution in [0.1, 0.15) is 26.1 Å². The Labute approximate surface area is 159 Å². The van der Waals surface area contributed by atoms with Crippen molar-refractivity contribution in [2.45, 2.75) is 25.8 Å². The molecule has 1 aromatic heterocycles. The highest BCUT2D eigenvalue weighted by molar-refractivity contribution is 5.60. The molecular weight excluding hydrogens is 342 g/mol. The van der Waals surface area contributed by atoms with Crippen molar-refractivity contribution in [1.29, 1.82) is 0 Å². The summed E-state index contributed by atoms with van der Waals surface area (Å²) in [7, 11) is 0. The fourth-order valence-electron chi connectivity index (χ4n) is 2.51. The van der Waals surface area contributed by atoms with Crippen LogP contribution in [0.2, 0.25) is 0 Å². The maximum absolute atomic E-state index is 9.36. The molecule has 0 saturated heterocycles. The summed E-state index contributed by atoms with van der Waals surface area (Å²) in [5.74, 6) is 2.79. The molecule has 0 aliphatic heterocycles. The Balaban J connectivity index is 1.71. The highest BCUT2D eigenvalue weighted by Crippen LogP contribution is 2.28. The second kappa shape index (κ2) is 8.24. The third-order valence-electron chi connectivity index (χ3n) is 4.11. The van der Waals surface area contributed by atoms with Crippen molar-refractivity contribution in [3.05, 3.63) is 60.6 Å².